The first-order valence-corrected chi connectivity index (χ1v) is 7.31. The molecule has 0 atom stereocenters. The van der Waals surface area contributed by atoms with Crippen LogP contribution in [-0.4, -0.2) is 33.6 Å². The molecule has 0 heterocycles. The predicted octanol–water partition coefficient (Wildman–Crippen LogP) is 1.51. The smallest absolute Gasteiger partial charge is 0.161 e. The first-order valence-electron chi connectivity index (χ1n) is 5.49. The zero-order valence-electron chi connectivity index (χ0n) is 10.3. The maximum absolute atomic E-state index is 11.3. The summed E-state index contributed by atoms with van der Waals surface area (Å²) in [7, 11) is -1.59. The van der Waals surface area contributed by atoms with Gasteiger partial charge in [0.25, 0.3) is 0 Å². The number of methoxy groups -OCH3 is 1. The molecule has 0 aromatic heterocycles. The second kappa shape index (κ2) is 6.92. The highest BCUT2D eigenvalue weighted by molar-refractivity contribution is 7.91. The lowest BCUT2D eigenvalue weighted by Gasteiger charge is -2.09. The Kier molecular flexibility index (Phi) is 5.53. The number of ether oxygens (including phenoxy) is 2. The van der Waals surface area contributed by atoms with Gasteiger partial charge in [-0.1, -0.05) is 18.1 Å². The fraction of sp³-hybridized carbons (Fsp3) is 0.385. The van der Waals surface area contributed by atoms with Crippen molar-refractivity contribution in [2.75, 3.05) is 25.2 Å². The van der Waals surface area contributed by atoms with Gasteiger partial charge in [0.05, 0.1) is 19.5 Å². The summed E-state index contributed by atoms with van der Waals surface area (Å²) < 4.78 is 33.3. The Morgan fingerprint density at radius 1 is 1.28 bits per heavy atom. The van der Waals surface area contributed by atoms with Gasteiger partial charge in [0.1, 0.15) is 5.75 Å². The largest absolute Gasteiger partial charge is 0.493 e. The van der Waals surface area contributed by atoms with Crippen LogP contribution in [0.5, 0.6) is 11.5 Å². The molecule has 0 saturated heterocycles. The van der Waals surface area contributed by atoms with Gasteiger partial charge in [0.15, 0.2) is 21.3 Å². The molecule has 0 saturated carbocycles. The van der Waals surface area contributed by atoms with E-state index in [-0.39, 0.29) is 11.5 Å². The van der Waals surface area contributed by atoms with E-state index in [1.807, 2.05) is 12.1 Å². The van der Waals surface area contributed by atoms with Gasteiger partial charge in [-0.2, -0.15) is 0 Å². The highest BCUT2D eigenvalue weighted by Crippen LogP contribution is 2.25. The van der Waals surface area contributed by atoms with Crippen LogP contribution in [0.25, 0.3) is 0 Å². The molecule has 1 aromatic carbocycles. The lowest BCUT2D eigenvalue weighted by Crippen LogP contribution is -2.12. The van der Waals surface area contributed by atoms with Crippen molar-refractivity contribution in [3.8, 4) is 23.8 Å². The summed E-state index contributed by atoms with van der Waals surface area (Å²) in [6, 6.07) is 7.22. The van der Waals surface area contributed by atoms with E-state index in [1.54, 1.807) is 19.2 Å². The zero-order chi connectivity index (χ0) is 13.4. The number of hydrogen-bond acceptors (Lipinski definition) is 4. The molecular weight excluding hydrogens is 252 g/mol. The molecule has 5 heteroatoms. The highest BCUT2D eigenvalue weighted by Gasteiger charge is 2.09. The summed E-state index contributed by atoms with van der Waals surface area (Å²) in [4.78, 5) is 0. The van der Waals surface area contributed by atoms with Crippen LogP contribution < -0.4 is 9.47 Å². The van der Waals surface area contributed by atoms with Crippen LogP contribution in [0.15, 0.2) is 24.3 Å². The third-order valence-corrected chi connectivity index (χ3v) is 3.75. The predicted molar refractivity (Wildman–Crippen MR) is 70.6 cm³/mol. The minimum absolute atomic E-state index is 0.0341. The van der Waals surface area contributed by atoms with Gasteiger partial charge in [-0.15, -0.1) is 6.42 Å². The number of sulfone groups is 1. The van der Waals surface area contributed by atoms with E-state index in [2.05, 4.69) is 5.92 Å². The minimum Gasteiger partial charge on any atom is -0.493 e. The van der Waals surface area contributed by atoms with Crippen molar-refractivity contribution < 1.29 is 17.9 Å². The fourth-order valence-corrected chi connectivity index (χ4v) is 2.35. The standard InChI is InChI=1S/C13H16O4S/c1-3-10-18(14,15)11-6-9-17-13-8-5-4-7-12(13)16-2/h1,4-5,7-8H,6,9-11H2,2H3. The molecule has 18 heavy (non-hydrogen) atoms. The molecule has 0 unspecified atom stereocenters. The molecule has 0 bridgehead atoms. The normalized spacial score (nSPS) is 10.7. The maximum atomic E-state index is 11.3. The zero-order valence-corrected chi connectivity index (χ0v) is 11.1. The van der Waals surface area contributed by atoms with Gasteiger partial charge < -0.3 is 9.47 Å². The van der Waals surface area contributed by atoms with Crippen LogP contribution in [0.3, 0.4) is 0 Å². The first kappa shape index (κ1) is 14.4. The summed E-state index contributed by atoms with van der Waals surface area (Å²) >= 11 is 0. The van der Waals surface area contributed by atoms with Crippen molar-refractivity contribution in [2.45, 2.75) is 6.42 Å². The average molecular weight is 268 g/mol. The van der Waals surface area contributed by atoms with Crippen molar-refractivity contribution in [3.05, 3.63) is 24.3 Å². The quantitative estimate of drug-likeness (QED) is 0.555. The molecule has 0 N–H and O–H groups in total. The monoisotopic (exact) mass is 268 g/mol. The van der Waals surface area contributed by atoms with Gasteiger partial charge >= 0.3 is 0 Å². The van der Waals surface area contributed by atoms with Crippen LogP contribution >= 0.6 is 0 Å². The Morgan fingerprint density at radius 2 is 1.94 bits per heavy atom. The van der Waals surface area contributed by atoms with E-state index in [4.69, 9.17) is 15.9 Å². The van der Waals surface area contributed by atoms with Crippen molar-refractivity contribution in [1.82, 2.24) is 0 Å². The number of benzene rings is 1. The van der Waals surface area contributed by atoms with Crippen LogP contribution in [-0.2, 0) is 9.84 Å². The molecule has 0 radical (unpaired) electrons. The first-order chi connectivity index (χ1) is 8.59. The molecule has 1 rings (SSSR count). The van der Waals surface area contributed by atoms with Crippen LogP contribution in [0, 0.1) is 12.3 Å². The van der Waals surface area contributed by atoms with Crippen LogP contribution in [0.4, 0.5) is 0 Å². The molecule has 98 valence electrons. The second-order valence-electron chi connectivity index (χ2n) is 3.65. The lowest BCUT2D eigenvalue weighted by atomic mass is 10.3. The van der Waals surface area contributed by atoms with E-state index in [1.165, 1.54) is 0 Å². The van der Waals surface area contributed by atoms with Gasteiger partial charge in [0.2, 0.25) is 0 Å². The SMILES string of the molecule is C#CCS(=O)(=O)CCCOc1ccccc1OC. The van der Waals surface area contributed by atoms with Crippen molar-refractivity contribution >= 4 is 9.84 Å². The molecule has 0 aliphatic carbocycles. The third-order valence-electron chi connectivity index (χ3n) is 2.23. The van der Waals surface area contributed by atoms with Crippen LogP contribution in [0.2, 0.25) is 0 Å². The Hall–Kier alpha value is -1.67. The molecule has 0 aliphatic heterocycles. The van der Waals surface area contributed by atoms with E-state index in [0.717, 1.165) is 0 Å². The molecule has 0 spiro atoms. The van der Waals surface area contributed by atoms with Gasteiger partial charge in [-0.05, 0) is 18.6 Å². The fourth-order valence-electron chi connectivity index (χ4n) is 1.40. The van der Waals surface area contributed by atoms with E-state index in [9.17, 15) is 8.42 Å². The number of hydrogen-bond donors (Lipinski definition) is 0. The Labute approximate surface area is 108 Å². The molecular formula is C13H16O4S. The molecule has 0 amide bonds. The summed E-state index contributed by atoms with van der Waals surface area (Å²) in [5.41, 5.74) is 0. The molecule has 0 aliphatic rings. The van der Waals surface area contributed by atoms with Crippen LogP contribution in [0.1, 0.15) is 6.42 Å². The second-order valence-corrected chi connectivity index (χ2v) is 5.83. The molecule has 0 fully saturated rings. The number of terminal acetylenes is 1. The number of rotatable bonds is 7. The highest BCUT2D eigenvalue weighted by atomic mass is 32.2. The summed E-state index contributed by atoms with van der Waals surface area (Å²) in [5, 5.41) is 0. The summed E-state index contributed by atoms with van der Waals surface area (Å²) in [5.74, 6) is 3.18. The lowest BCUT2D eigenvalue weighted by molar-refractivity contribution is 0.294. The third kappa shape index (κ3) is 4.68. The van der Waals surface area contributed by atoms with Crippen molar-refractivity contribution in [1.29, 1.82) is 0 Å². The topological polar surface area (TPSA) is 52.6 Å². The van der Waals surface area contributed by atoms with Gasteiger partial charge in [-0.3, -0.25) is 0 Å². The van der Waals surface area contributed by atoms with E-state index < -0.39 is 9.84 Å². The van der Waals surface area contributed by atoms with Crippen molar-refractivity contribution in [3.63, 3.8) is 0 Å². The minimum atomic E-state index is -3.15. The maximum Gasteiger partial charge on any atom is 0.161 e. The van der Waals surface area contributed by atoms with Gasteiger partial charge in [-0.25, -0.2) is 8.42 Å². The summed E-state index contributed by atoms with van der Waals surface area (Å²) in [6.07, 6.45) is 5.38. The van der Waals surface area contributed by atoms with E-state index >= 15 is 0 Å². The Morgan fingerprint density at radius 3 is 2.56 bits per heavy atom. The van der Waals surface area contributed by atoms with Gasteiger partial charge in [0, 0.05) is 0 Å². The summed E-state index contributed by atoms with van der Waals surface area (Å²) in [6.45, 7) is 0.310. The average Bonchev–Trinajstić information content (AvgIpc) is 2.35. The van der Waals surface area contributed by atoms with Crippen molar-refractivity contribution in [2.24, 2.45) is 0 Å². The Balaban J connectivity index is 2.41. The molecule has 1 aromatic rings. The molecule has 4 nitrogen and oxygen atoms in total. The Bertz CT molecular complexity index is 514. The van der Waals surface area contributed by atoms with E-state index in [0.29, 0.717) is 24.5 Å². The number of para-hydroxylation sites is 2.